The third-order valence-corrected chi connectivity index (χ3v) is 5.07. The van der Waals surface area contributed by atoms with Crippen molar-refractivity contribution in [3.8, 4) is 0 Å². The largest absolute Gasteiger partial charge is 0.396 e. The van der Waals surface area contributed by atoms with Crippen molar-refractivity contribution < 1.29 is 5.11 Å². The zero-order valence-corrected chi connectivity index (χ0v) is 10.7. The van der Waals surface area contributed by atoms with Gasteiger partial charge in [0.25, 0.3) is 0 Å². The predicted molar refractivity (Wildman–Crippen MR) is 59.2 cm³/mol. The first-order valence-corrected chi connectivity index (χ1v) is 6.31. The van der Waals surface area contributed by atoms with Gasteiger partial charge in [-0.25, -0.2) is 0 Å². The summed E-state index contributed by atoms with van der Waals surface area (Å²) < 4.78 is 0.0921. The molecule has 72 valence electrons. The van der Waals surface area contributed by atoms with Crippen molar-refractivity contribution >= 4 is 43.5 Å². The van der Waals surface area contributed by atoms with E-state index in [1.807, 2.05) is 0 Å². The number of aliphatic hydroxyl groups is 1. The Balaban J connectivity index is 2.27. The molecule has 2 atom stereocenters. The molecular weight excluding hydrogens is 307 g/mol. The Hall–Kier alpha value is 1.21. The molecule has 1 N–H and O–H groups in total. The van der Waals surface area contributed by atoms with Crippen molar-refractivity contribution in [1.29, 1.82) is 0 Å². The highest BCUT2D eigenvalue weighted by molar-refractivity contribution is 9.25. The normalized spacial score (nSPS) is 32.0. The Labute approximate surface area is 95.1 Å². The van der Waals surface area contributed by atoms with Gasteiger partial charge in [-0.1, -0.05) is 31.9 Å². The van der Waals surface area contributed by atoms with Gasteiger partial charge < -0.3 is 5.11 Å². The third kappa shape index (κ3) is 2.37. The first kappa shape index (κ1) is 11.3. The Morgan fingerprint density at radius 3 is 2.33 bits per heavy atom. The molecule has 0 aliphatic heterocycles. The van der Waals surface area contributed by atoms with Gasteiger partial charge in [0.15, 0.2) is 0 Å². The Kier molecular flexibility index (Phi) is 4.35. The number of aliphatic hydroxyl groups excluding tert-OH is 1. The van der Waals surface area contributed by atoms with E-state index in [1.54, 1.807) is 0 Å². The zero-order valence-electron chi connectivity index (χ0n) is 6.77. The second-order valence-corrected chi connectivity index (χ2v) is 7.30. The molecule has 1 aliphatic rings. The Morgan fingerprint density at radius 2 is 1.83 bits per heavy atom. The monoisotopic (exact) mass is 318 g/mol. The summed E-state index contributed by atoms with van der Waals surface area (Å²) in [5, 5.41) is 8.78. The SMILES string of the molecule is OCC[C@H]1[C@@H](CCCCl)C1(Br)Br. The summed E-state index contributed by atoms with van der Waals surface area (Å²) in [5.74, 6) is 1.95. The number of halogens is 3. The zero-order chi connectivity index (χ0) is 9.19. The molecule has 0 radical (unpaired) electrons. The average Bonchev–Trinajstić information content (AvgIpc) is 2.51. The number of hydrogen-bond donors (Lipinski definition) is 1. The maximum absolute atomic E-state index is 8.78. The van der Waals surface area contributed by atoms with E-state index in [0.29, 0.717) is 11.8 Å². The first-order valence-electron chi connectivity index (χ1n) is 4.19. The van der Waals surface area contributed by atoms with E-state index in [0.717, 1.165) is 25.1 Å². The molecular formula is C8H13Br2ClO. The summed E-state index contributed by atoms with van der Waals surface area (Å²) in [6.45, 7) is 0.279. The van der Waals surface area contributed by atoms with Gasteiger partial charge in [0.1, 0.15) is 0 Å². The lowest BCUT2D eigenvalue weighted by Crippen LogP contribution is -1.91. The fourth-order valence-corrected chi connectivity index (χ4v) is 3.77. The van der Waals surface area contributed by atoms with Crippen molar-refractivity contribution in [3.63, 3.8) is 0 Å². The van der Waals surface area contributed by atoms with Crippen molar-refractivity contribution in [2.24, 2.45) is 11.8 Å². The van der Waals surface area contributed by atoms with E-state index in [1.165, 1.54) is 0 Å². The molecule has 0 amide bonds. The number of rotatable bonds is 5. The lowest BCUT2D eigenvalue weighted by Gasteiger charge is -1.95. The van der Waals surface area contributed by atoms with Crippen LogP contribution >= 0.6 is 43.5 Å². The van der Waals surface area contributed by atoms with E-state index in [2.05, 4.69) is 31.9 Å². The van der Waals surface area contributed by atoms with Gasteiger partial charge in [-0.2, -0.15) is 0 Å². The average molecular weight is 320 g/mol. The van der Waals surface area contributed by atoms with E-state index in [-0.39, 0.29) is 9.84 Å². The molecule has 0 aromatic heterocycles. The van der Waals surface area contributed by atoms with Crippen LogP contribution in [0.4, 0.5) is 0 Å². The first-order chi connectivity index (χ1) is 5.64. The summed E-state index contributed by atoms with van der Waals surface area (Å²) in [6, 6.07) is 0. The molecule has 0 bridgehead atoms. The van der Waals surface area contributed by atoms with Crippen LogP contribution in [0, 0.1) is 11.8 Å². The smallest absolute Gasteiger partial charge is 0.0869 e. The molecule has 1 saturated carbocycles. The van der Waals surface area contributed by atoms with Crippen molar-refractivity contribution in [2.75, 3.05) is 12.5 Å². The molecule has 0 unspecified atom stereocenters. The van der Waals surface area contributed by atoms with Crippen LogP contribution in [0.5, 0.6) is 0 Å². The van der Waals surface area contributed by atoms with Crippen LogP contribution in [0.15, 0.2) is 0 Å². The molecule has 1 nitrogen and oxygen atoms in total. The minimum absolute atomic E-state index is 0.0921. The molecule has 0 heterocycles. The van der Waals surface area contributed by atoms with Gasteiger partial charge in [0, 0.05) is 12.5 Å². The highest BCUT2D eigenvalue weighted by atomic mass is 79.9. The number of hydrogen-bond acceptors (Lipinski definition) is 1. The van der Waals surface area contributed by atoms with Crippen LogP contribution in [0.2, 0.25) is 0 Å². The second kappa shape index (κ2) is 4.63. The fraction of sp³-hybridized carbons (Fsp3) is 1.00. The molecule has 1 rings (SSSR count). The summed E-state index contributed by atoms with van der Waals surface area (Å²) in [5.41, 5.74) is 0. The third-order valence-electron chi connectivity index (χ3n) is 2.45. The maximum atomic E-state index is 8.78. The van der Waals surface area contributed by atoms with E-state index in [4.69, 9.17) is 16.7 Å². The molecule has 1 fully saturated rings. The van der Waals surface area contributed by atoms with Crippen LogP contribution in [0.1, 0.15) is 19.3 Å². The van der Waals surface area contributed by atoms with Crippen molar-refractivity contribution in [1.82, 2.24) is 0 Å². The van der Waals surface area contributed by atoms with Gasteiger partial charge >= 0.3 is 0 Å². The second-order valence-electron chi connectivity index (χ2n) is 3.23. The highest BCUT2D eigenvalue weighted by Crippen LogP contribution is 2.65. The summed E-state index contributed by atoms with van der Waals surface area (Å²) in [4.78, 5) is 0. The summed E-state index contributed by atoms with van der Waals surface area (Å²) in [6.07, 6.45) is 3.08. The standard InChI is InChI=1S/C8H13Br2ClO/c9-8(10)6(2-1-4-11)7(8)3-5-12/h6-7,12H,1-5H2/t6-,7+/m1/s1. The van der Waals surface area contributed by atoms with Gasteiger partial charge in [0.2, 0.25) is 0 Å². The van der Waals surface area contributed by atoms with Crippen LogP contribution in [-0.4, -0.2) is 20.8 Å². The van der Waals surface area contributed by atoms with Crippen LogP contribution in [-0.2, 0) is 0 Å². The molecule has 0 spiro atoms. The maximum Gasteiger partial charge on any atom is 0.0869 e. The highest BCUT2D eigenvalue weighted by Gasteiger charge is 2.60. The minimum Gasteiger partial charge on any atom is -0.396 e. The van der Waals surface area contributed by atoms with E-state index < -0.39 is 0 Å². The van der Waals surface area contributed by atoms with Crippen molar-refractivity contribution in [2.45, 2.75) is 22.5 Å². The fourth-order valence-electron chi connectivity index (χ4n) is 1.68. The molecule has 12 heavy (non-hydrogen) atoms. The quantitative estimate of drug-likeness (QED) is 0.772. The lowest BCUT2D eigenvalue weighted by atomic mass is 10.2. The van der Waals surface area contributed by atoms with Crippen LogP contribution < -0.4 is 0 Å². The molecule has 0 aromatic carbocycles. The van der Waals surface area contributed by atoms with Crippen molar-refractivity contribution in [3.05, 3.63) is 0 Å². The summed E-state index contributed by atoms with van der Waals surface area (Å²) >= 11 is 12.8. The van der Waals surface area contributed by atoms with Crippen LogP contribution in [0.3, 0.4) is 0 Å². The molecule has 1 aliphatic carbocycles. The van der Waals surface area contributed by atoms with Gasteiger partial charge in [0.05, 0.1) is 3.23 Å². The lowest BCUT2D eigenvalue weighted by molar-refractivity contribution is 0.276. The van der Waals surface area contributed by atoms with E-state index >= 15 is 0 Å². The van der Waals surface area contributed by atoms with Gasteiger partial charge in [-0.3, -0.25) is 0 Å². The molecule has 4 heteroatoms. The minimum atomic E-state index is 0.0921. The molecule has 0 saturated heterocycles. The van der Waals surface area contributed by atoms with Gasteiger partial charge in [-0.15, -0.1) is 11.6 Å². The predicted octanol–water partition coefficient (Wildman–Crippen LogP) is 3.12. The van der Waals surface area contributed by atoms with Crippen LogP contribution in [0.25, 0.3) is 0 Å². The van der Waals surface area contributed by atoms with Gasteiger partial charge in [-0.05, 0) is 31.1 Å². The topological polar surface area (TPSA) is 20.2 Å². The van der Waals surface area contributed by atoms with E-state index in [9.17, 15) is 0 Å². The Morgan fingerprint density at radius 1 is 1.25 bits per heavy atom. The Bertz CT molecular complexity index is 152. The molecule has 0 aromatic rings. The summed E-state index contributed by atoms with van der Waals surface area (Å²) in [7, 11) is 0. The number of alkyl halides is 3.